The predicted molar refractivity (Wildman–Crippen MR) is 59.2 cm³/mol. The molecular formula is C12H21NO. The summed E-state index contributed by atoms with van der Waals surface area (Å²) >= 11 is 0. The van der Waals surface area contributed by atoms with Crippen molar-refractivity contribution in [1.29, 1.82) is 0 Å². The Morgan fingerprint density at radius 2 is 2.14 bits per heavy atom. The molecule has 2 heteroatoms. The lowest BCUT2D eigenvalue weighted by molar-refractivity contribution is 0.420. The molecule has 0 aromatic carbocycles. The second-order valence-electron chi connectivity index (χ2n) is 4.23. The Labute approximate surface area is 86.7 Å². The summed E-state index contributed by atoms with van der Waals surface area (Å²) in [6.45, 7) is 7.72. The molecular weight excluding hydrogens is 174 g/mol. The second kappa shape index (κ2) is 5.86. The minimum absolute atomic E-state index is 0.331. The Morgan fingerprint density at radius 1 is 1.36 bits per heavy atom. The zero-order valence-electron chi connectivity index (χ0n) is 9.42. The molecule has 1 aromatic heterocycles. The first-order chi connectivity index (χ1) is 6.70. The van der Waals surface area contributed by atoms with Gasteiger partial charge in [-0.15, -0.1) is 0 Å². The quantitative estimate of drug-likeness (QED) is 0.704. The molecule has 1 rings (SSSR count). The van der Waals surface area contributed by atoms with Crippen LogP contribution in [0.5, 0.6) is 0 Å². The summed E-state index contributed by atoms with van der Waals surface area (Å²) in [6.07, 6.45) is 4.25. The van der Waals surface area contributed by atoms with E-state index in [9.17, 15) is 0 Å². The van der Waals surface area contributed by atoms with Gasteiger partial charge in [-0.25, -0.2) is 0 Å². The van der Waals surface area contributed by atoms with Gasteiger partial charge in [-0.3, -0.25) is 0 Å². The summed E-state index contributed by atoms with van der Waals surface area (Å²) in [5, 5.41) is 3.45. The largest absolute Gasteiger partial charge is 0.468 e. The van der Waals surface area contributed by atoms with Crippen molar-refractivity contribution in [3.8, 4) is 0 Å². The lowest BCUT2D eigenvalue weighted by atomic mass is 10.1. The molecule has 0 saturated heterocycles. The van der Waals surface area contributed by atoms with Crippen LogP contribution >= 0.6 is 0 Å². The van der Waals surface area contributed by atoms with Gasteiger partial charge in [-0.2, -0.15) is 0 Å². The maximum atomic E-state index is 5.31. The number of rotatable bonds is 6. The molecule has 0 radical (unpaired) electrons. The lowest BCUT2D eigenvalue weighted by Gasteiger charge is -2.11. The summed E-state index contributed by atoms with van der Waals surface area (Å²) in [5.41, 5.74) is 0. The van der Waals surface area contributed by atoms with Gasteiger partial charge < -0.3 is 9.73 Å². The zero-order chi connectivity index (χ0) is 10.4. The van der Waals surface area contributed by atoms with Crippen LogP contribution in [0.3, 0.4) is 0 Å². The lowest BCUT2D eigenvalue weighted by Crippen LogP contribution is -2.19. The van der Waals surface area contributed by atoms with E-state index in [2.05, 4.69) is 26.1 Å². The summed E-state index contributed by atoms with van der Waals surface area (Å²) in [5.74, 6) is 1.82. The van der Waals surface area contributed by atoms with E-state index >= 15 is 0 Å². The number of hydrogen-bond acceptors (Lipinski definition) is 2. The molecule has 0 aliphatic rings. The van der Waals surface area contributed by atoms with E-state index < -0.39 is 0 Å². The van der Waals surface area contributed by atoms with E-state index in [4.69, 9.17) is 4.42 Å². The van der Waals surface area contributed by atoms with Crippen LogP contribution in [0.1, 0.15) is 45.4 Å². The monoisotopic (exact) mass is 195 g/mol. The highest BCUT2D eigenvalue weighted by molar-refractivity contribution is 5.02. The Hall–Kier alpha value is -0.760. The zero-order valence-corrected chi connectivity index (χ0v) is 9.42. The highest BCUT2D eigenvalue weighted by Crippen LogP contribution is 2.12. The molecule has 0 aliphatic carbocycles. The van der Waals surface area contributed by atoms with Crippen LogP contribution in [-0.2, 0) is 0 Å². The Kier molecular flexibility index (Phi) is 4.74. The van der Waals surface area contributed by atoms with E-state index in [0.29, 0.717) is 6.04 Å². The topological polar surface area (TPSA) is 25.2 Å². The van der Waals surface area contributed by atoms with Crippen molar-refractivity contribution < 1.29 is 4.42 Å². The molecule has 1 aromatic rings. The maximum Gasteiger partial charge on any atom is 0.120 e. The molecule has 0 amide bonds. The average Bonchev–Trinajstić information content (AvgIpc) is 2.64. The fraction of sp³-hybridized carbons (Fsp3) is 0.667. The van der Waals surface area contributed by atoms with Crippen LogP contribution < -0.4 is 5.32 Å². The van der Waals surface area contributed by atoms with Crippen LogP contribution in [0, 0.1) is 5.92 Å². The predicted octanol–water partition coefficient (Wildman–Crippen LogP) is 3.37. The first-order valence-corrected chi connectivity index (χ1v) is 5.47. The Bertz CT molecular complexity index is 228. The highest BCUT2D eigenvalue weighted by Gasteiger charge is 2.06. The molecule has 0 saturated carbocycles. The van der Waals surface area contributed by atoms with Gasteiger partial charge >= 0.3 is 0 Å². The highest BCUT2D eigenvalue weighted by atomic mass is 16.3. The van der Waals surface area contributed by atoms with Crippen LogP contribution in [0.15, 0.2) is 22.8 Å². The van der Waals surface area contributed by atoms with E-state index in [1.54, 1.807) is 6.26 Å². The Morgan fingerprint density at radius 3 is 2.71 bits per heavy atom. The van der Waals surface area contributed by atoms with Crippen molar-refractivity contribution in [2.24, 2.45) is 5.92 Å². The summed E-state index contributed by atoms with van der Waals surface area (Å²) in [4.78, 5) is 0. The molecule has 2 nitrogen and oxygen atoms in total. The SMILES string of the molecule is CC(C)CCCNC(C)c1ccco1. The van der Waals surface area contributed by atoms with E-state index in [1.807, 2.05) is 12.1 Å². The second-order valence-corrected chi connectivity index (χ2v) is 4.23. The minimum Gasteiger partial charge on any atom is -0.468 e. The molecule has 0 fully saturated rings. The molecule has 1 heterocycles. The first kappa shape index (κ1) is 11.3. The minimum atomic E-state index is 0.331. The van der Waals surface area contributed by atoms with Crippen LogP contribution in [0.25, 0.3) is 0 Å². The third kappa shape index (κ3) is 3.97. The molecule has 80 valence electrons. The van der Waals surface area contributed by atoms with Gasteiger partial charge in [-0.05, 0) is 44.4 Å². The van der Waals surface area contributed by atoms with Crippen molar-refractivity contribution in [2.45, 2.75) is 39.7 Å². The normalized spacial score (nSPS) is 13.4. The van der Waals surface area contributed by atoms with Gasteiger partial charge in [-0.1, -0.05) is 13.8 Å². The molecule has 0 spiro atoms. The number of hydrogen-bond donors (Lipinski definition) is 1. The summed E-state index contributed by atoms with van der Waals surface area (Å²) < 4.78 is 5.31. The smallest absolute Gasteiger partial charge is 0.120 e. The van der Waals surface area contributed by atoms with Gasteiger partial charge in [0, 0.05) is 0 Å². The van der Waals surface area contributed by atoms with Crippen molar-refractivity contribution in [3.63, 3.8) is 0 Å². The summed E-state index contributed by atoms with van der Waals surface area (Å²) in [7, 11) is 0. The third-order valence-corrected chi connectivity index (χ3v) is 2.38. The average molecular weight is 195 g/mol. The fourth-order valence-corrected chi connectivity index (χ4v) is 1.47. The molecule has 0 aliphatic heterocycles. The van der Waals surface area contributed by atoms with Gasteiger partial charge in [0.2, 0.25) is 0 Å². The van der Waals surface area contributed by atoms with Gasteiger partial charge in [0.05, 0.1) is 12.3 Å². The molecule has 0 bridgehead atoms. The van der Waals surface area contributed by atoms with Crippen LogP contribution in [-0.4, -0.2) is 6.54 Å². The van der Waals surface area contributed by atoms with E-state index in [-0.39, 0.29) is 0 Å². The number of furan rings is 1. The molecule has 14 heavy (non-hydrogen) atoms. The van der Waals surface area contributed by atoms with Crippen molar-refractivity contribution >= 4 is 0 Å². The van der Waals surface area contributed by atoms with Crippen molar-refractivity contribution in [1.82, 2.24) is 5.32 Å². The molecule has 1 unspecified atom stereocenters. The Balaban J connectivity index is 2.13. The number of nitrogens with one attached hydrogen (secondary N) is 1. The van der Waals surface area contributed by atoms with Crippen molar-refractivity contribution in [2.75, 3.05) is 6.54 Å². The molecule has 1 N–H and O–H groups in total. The standard InChI is InChI=1S/C12H21NO/c1-10(2)6-4-8-13-11(3)12-7-5-9-14-12/h5,7,9-11,13H,4,6,8H2,1-3H3. The maximum absolute atomic E-state index is 5.31. The van der Waals surface area contributed by atoms with Crippen LogP contribution in [0.4, 0.5) is 0 Å². The van der Waals surface area contributed by atoms with Crippen LogP contribution in [0.2, 0.25) is 0 Å². The van der Waals surface area contributed by atoms with Crippen molar-refractivity contribution in [3.05, 3.63) is 24.2 Å². The van der Waals surface area contributed by atoms with Gasteiger partial charge in [0.25, 0.3) is 0 Å². The third-order valence-electron chi connectivity index (χ3n) is 2.38. The first-order valence-electron chi connectivity index (χ1n) is 5.47. The fourth-order valence-electron chi connectivity index (χ4n) is 1.47. The molecule has 1 atom stereocenters. The summed E-state index contributed by atoms with van der Waals surface area (Å²) in [6, 6.07) is 4.28. The van der Waals surface area contributed by atoms with E-state index in [0.717, 1.165) is 18.2 Å². The van der Waals surface area contributed by atoms with Gasteiger partial charge in [0.15, 0.2) is 0 Å². The van der Waals surface area contributed by atoms with E-state index in [1.165, 1.54) is 12.8 Å². The van der Waals surface area contributed by atoms with Gasteiger partial charge in [0.1, 0.15) is 5.76 Å².